The summed E-state index contributed by atoms with van der Waals surface area (Å²) in [5, 5.41) is 14.0. The third-order valence-electron chi connectivity index (χ3n) is 5.51. The third kappa shape index (κ3) is 4.32. The van der Waals surface area contributed by atoms with Gasteiger partial charge in [-0.3, -0.25) is 14.9 Å². The summed E-state index contributed by atoms with van der Waals surface area (Å²) >= 11 is 0. The molecule has 0 spiro atoms. The van der Waals surface area contributed by atoms with E-state index in [1.807, 2.05) is 19.1 Å². The molecule has 2 atom stereocenters. The summed E-state index contributed by atoms with van der Waals surface area (Å²) in [4.78, 5) is 25.7. The lowest BCUT2D eigenvalue weighted by Crippen LogP contribution is -2.34. The molecule has 0 radical (unpaired) electrons. The molecule has 1 aliphatic rings. The van der Waals surface area contributed by atoms with Gasteiger partial charge in [-0.15, -0.1) is 0 Å². The van der Waals surface area contributed by atoms with Crippen LogP contribution in [0.3, 0.4) is 0 Å². The molecule has 1 N–H and O–H groups in total. The van der Waals surface area contributed by atoms with Gasteiger partial charge in [0, 0.05) is 36.0 Å². The number of nitro benzene ring substituents is 1. The average Bonchev–Trinajstić information content (AvgIpc) is 2.68. The predicted molar refractivity (Wildman–Crippen MR) is 111 cm³/mol. The quantitative estimate of drug-likeness (QED) is 0.605. The highest BCUT2D eigenvalue weighted by atomic mass is 16.6. The van der Waals surface area contributed by atoms with Gasteiger partial charge < -0.3 is 10.2 Å². The fourth-order valence-corrected chi connectivity index (χ4v) is 3.82. The lowest BCUT2D eigenvalue weighted by molar-refractivity contribution is -0.385. The minimum absolute atomic E-state index is 0.0413. The molecular weight excluding hydrogens is 354 g/mol. The van der Waals surface area contributed by atoms with Gasteiger partial charge in [0.25, 0.3) is 11.6 Å². The topological polar surface area (TPSA) is 75.5 Å². The molecule has 0 aliphatic carbocycles. The van der Waals surface area contributed by atoms with Gasteiger partial charge in [-0.1, -0.05) is 25.1 Å². The van der Waals surface area contributed by atoms with Crippen molar-refractivity contribution >= 4 is 17.3 Å². The molecule has 2 aromatic carbocycles. The van der Waals surface area contributed by atoms with E-state index in [0.717, 1.165) is 18.7 Å². The van der Waals surface area contributed by atoms with Crippen molar-refractivity contribution in [2.45, 2.75) is 39.7 Å². The van der Waals surface area contributed by atoms with Gasteiger partial charge in [0.1, 0.15) is 0 Å². The van der Waals surface area contributed by atoms with E-state index in [2.05, 4.69) is 29.3 Å². The Kier molecular flexibility index (Phi) is 5.97. The summed E-state index contributed by atoms with van der Waals surface area (Å²) in [6.45, 7) is 7.97. The Labute approximate surface area is 165 Å². The van der Waals surface area contributed by atoms with Gasteiger partial charge in [0.05, 0.1) is 11.0 Å². The zero-order valence-corrected chi connectivity index (χ0v) is 16.6. The summed E-state index contributed by atoms with van der Waals surface area (Å²) in [6, 6.07) is 12.7. The lowest BCUT2D eigenvalue weighted by Gasteiger charge is -2.33. The van der Waals surface area contributed by atoms with Gasteiger partial charge in [0.2, 0.25) is 0 Å². The van der Waals surface area contributed by atoms with Crippen LogP contribution >= 0.6 is 0 Å². The van der Waals surface area contributed by atoms with Crippen molar-refractivity contribution in [2.24, 2.45) is 5.92 Å². The fraction of sp³-hybridized carbons (Fsp3) is 0.409. The van der Waals surface area contributed by atoms with Crippen LogP contribution in [0, 0.1) is 23.0 Å². The van der Waals surface area contributed by atoms with Crippen LogP contribution < -0.4 is 10.2 Å². The van der Waals surface area contributed by atoms with E-state index in [0.29, 0.717) is 17.0 Å². The van der Waals surface area contributed by atoms with Gasteiger partial charge in [0.15, 0.2) is 0 Å². The number of nitro groups is 1. The molecule has 3 rings (SSSR count). The number of rotatable bonds is 5. The Morgan fingerprint density at radius 3 is 2.61 bits per heavy atom. The number of piperidine rings is 1. The third-order valence-corrected chi connectivity index (χ3v) is 5.51. The van der Waals surface area contributed by atoms with Crippen LogP contribution in [-0.2, 0) is 0 Å². The van der Waals surface area contributed by atoms with E-state index < -0.39 is 4.92 Å². The molecule has 1 saturated heterocycles. The van der Waals surface area contributed by atoms with Crippen molar-refractivity contribution in [2.75, 3.05) is 18.0 Å². The summed E-state index contributed by atoms with van der Waals surface area (Å²) in [7, 11) is 0. The van der Waals surface area contributed by atoms with Crippen LogP contribution in [0.25, 0.3) is 0 Å². The largest absolute Gasteiger partial charge is 0.371 e. The monoisotopic (exact) mass is 381 g/mol. The highest BCUT2D eigenvalue weighted by Crippen LogP contribution is 2.25. The molecule has 0 aromatic heterocycles. The average molecular weight is 381 g/mol. The molecule has 0 bridgehead atoms. The number of hydrogen-bond donors (Lipinski definition) is 1. The summed E-state index contributed by atoms with van der Waals surface area (Å²) < 4.78 is 0. The molecule has 1 heterocycles. The number of anilines is 1. The highest BCUT2D eigenvalue weighted by Gasteiger charge is 2.20. The summed E-state index contributed by atoms with van der Waals surface area (Å²) in [6.07, 6.45) is 2.51. The van der Waals surface area contributed by atoms with Crippen LogP contribution in [0.4, 0.5) is 11.4 Å². The van der Waals surface area contributed by atoms with E-state index in [-0.39, 0.29) is 17.6 Å². The molecule has 6 heteroatoms. The number of carbonyl (C=O) groups excluding carboxylic acids is 1. The van der Waals surface area contributed by atoms with Crippen molar-refractivity contribution in [1.82, 2.24) is 5.32 Å². The van der Waals surface area contributed by atoms with Crippen molar-refractivity contribution in [3.63, 3.8) is 0 Å². The number of benzene rings is 2. The first kappa shape index (κ1) is 19.9. The molecule has 1 amide bonds. The first-order chi connectivity index (χ1) is 13.4. The highest BCUT2D eigenvalue weighted by molar-refractivity contribution is 5.96. The molecule has 1 aliphatic heterocycles. The Bertz CT molecular complexity index is 864. The van der Waals surface area contributed by atoms with Crippen LogP contribution in [0.2, 0.25) is 0 Å². The number of amides is 1. The molecule has 148 valence electrons. The van der Waals surface area contributed by atoms with Gasteiger partial charge in [-0.2, -0.15) is 0 Å². The normalized spacial score (nSPS) is 17.8. The van der Waals surface area contributed by atoms with E-state index in [1.165, 1.54) is 24.6 Å². The van der Waals surface area contributed by atoms with Crippen molar-refractivity contribution in [3.05, 3.63) is 69.3 Å². The predicted octanol–water partition coefficient (Wildman–Crippen LogP) is 4.63. The van der Waals surface area contributed by atoms with Crippen LogP contribution in [-0.4, -0.2) is 23.9 Å². The summed E-state index contributed by atoms with van der Waals surface area (Å²) in [5.41, 5.74) is 2.89. The first-order valence-electron chi connectivity index (χ1n) is 9.76. The maximum atomic E-state index is 12.6. The SMILES string of the molecule is Cc1c(C(=O)N[C@@H](C)c2ccc(N3CCC[C@@H](C)C3)cc2)cccc1[N+](=O)[O-]. The Morgan fingerprint density at radius 1 is 1.25 bits per heavy atom. The van der Waals surface area contributed by atoms with Gasteiger partial charge in [-0.05, 0) is 56.4 Å². The van der Waals surface area contributed by atoms with Crippen LogP contribution in [0.5, 0.6) is 0 Å². The molecular formula is C22H27N3O3. The smallest absolute Gasteiger partial charge is 0.273 e. The lowest BCUT2D eigenvalue weighted by atomic mass is 9.99. The Morgan fingerprint density at radius 2 is 1.96 bits per heavy atom. The van der Waals surface area contributed by atoms with Crippen molar-refractivity contribution < 1.29 is 9.72 Å². The first-order valence-corrected chi connectivity index (χ1v) is 9.76. The molecule has 0 saturated carbocycles. The van der Waals surface area contributed by atoms with E-state index in [1.54, 1.807) is 19.1 Å². The molecule has 0 unspecified atom stereocenters. The maximum absolute atomic E-state index is 12.6. The number of carbonyl (C=O) groups is 1. The van der Waals surface area contributed by atoms with Gasteiger partial charge >= 0.3 is 0 Å². The zero-order chi connectivity index (χ0) is 20.3. The standard InChI is InChI=1S/C22H27N3O3/c1-15-6-5-13-24(14-15)19-11-9-18(10-12-19)17(3)23-22(26)20-7-4-8-21(16(20)2)25(27)28/h4,7-12,15,17H,5-6,13-14H2,1-3H3,(H,23,26)/t15-,17+/m1/s1. The van der Waals surface area contributed by atoms with Crippen LogP contribution in [0.15, 0.2) is 42.5 Å². The number of nitrogens with one attached hydrogen (secondary N) is 1. The van der Waals surface area contributed by atoms with E-state index in [9.17, 15) is 14.9 Å². The minimum Gasteiger partial charge on any atom is -0.371 e. The fourth-order valence-electron chi connectivity index (χ4n) is 3.82. The number of nitrogens with zero attached hydrogens (tertiary/aromatic N) is 2. The molecule has 28 heavy (non-hydrogen) atoms. The number of hydrogen-bond acceptors (Lipinski definition) is 4. The van der Waals surface area contributed by atoms with Gasteiger partial charge in [-0.25, -0.2) is 0 Å². The van der Waals surface area contributed by atoms with Crippen molar-refractivity contribution in [3.8, 4) is 0 Å². The van der Waals surface area contributed by atoms with Crippen LogP contribution in [0.1, 0.15) is 54.2 Å². The van der Waals surface area contributed by atoms with E-state index in [4.69, 9.17) is 0 Å². The summed E-state index contributed by atoms with van der Waals surface area (Å²) in [5.74, 6) is 0.410. The van der Waals surface area contributed by atoms with Crippen molar-refractivity contribution in [1.29, 1.82) is 0 Å². The molecule has 2 aromatic rings. The molecule has 6 nitrogen and oxygen atoms in total. The second kappa shape index (κ2) is 8.42. The maximum Gasteiger partial charge on any atom is 0.273 e. The second-order valence-corrected chi connectivity index (χ2v) is 7.69. The minimum atomic E-state index is -0.463. The Balaban J connectivity index is 1.69. The molecule has 1 fully saturated rings. The zero-order valence-electron chi connectivity index (χ0n) is 16.6. The Hall–Kier alpha value is -2.89. The second-order valence-electron chi connectivity index (χ2n) is 7.69. The van der Waals surface area contributed by atoms with E-state index >= 15 is 0 Å².